The molecule has 3 nitrogen and oxygen atoms in total. The molecule has 0 spiro atoms. The van der Waals surface area contributed by atoms with Crippen LogP contribution in [0.4, 0.5) is 0 Å². The lowest BCUT2D eigenvalue weighted by molar-refractivity contribution is 0.415. The molecular formula is C19H20N2O. The summed E-state index contributed by atoms with van der Waals surface area (Å²) in [5, 5.41) is 4.86. The number of methoxy groups -OCH3 is 1. The van der Waals surface area contributed by atoms with Gasteiger partial charge in [-0.05, 0) is 42.3 Å². The highest BCUT2D eigenvalue weighted by atomic mass is 16.5. The van der Waals surface area contributed by atoms with Gasteiger partial charge < -0.3 is 15.0 Å². The summed E-state index contributed by atoms with van der Waals surface area (Å²) in [5.41, 5.74) is 5.33. The first-order valence-electron chi connectivity index (χ1n) is 7.81. The van der Waals surface area contributed by atoms with Gasteiger partial charge in [-0.25, -0.2) is 0 Å². The molecule has 0 bridgehead atoms. The van der Waals surface area contributed by atoms with Crippen molar-refractivity contribution in [3.05, 3.63) is 65.4 Å². The molecule has 0 saturated carbocycles. The summed E-state index contributed by atoms with van der Waals surface area (Å²) in [5.74, 6) is 1.29. The molecule has 112 valence electrons. The Bertz CT molecular complexity index is 792. The fourth-order valence-corrected chi connectivity index (χ4v) is 3.47. The maximum absolute atomic E-state index is 5.40. The number of aromatic nitrogens is 1. The van der Waals surface area contributed by atoms with Crippen molar-refractivity contribution in [3.8, 4) is 5.75 Å². The zero-order valence-corrected chi connectivity index (χ0v) is 12.7. The number of hydrogen-bond donors (Lipinski definition) is 2. The number of hydrogen-bond acceptors (Lipinski definition) is 2. The summed E-state index contributed by atoms with van der Waals surface area (Å²) in [7, 11) is 1.72. The minimum absolute atomic E-state index is 0.372. The van der Waals surface area contributed by atoms with Crippen LogP contribution in [0.2, 0.25) is 0 Å². The summed E-state index contributed by atoms with van der Waals surface area (Å²) in [4.78, 5) is 3.66. The number of rotatable bonds is 2. The van der Waals surface area contributed by atoms with Crippen LogP contribution in [-0.2, 0) is 6.42 Å². The third kappa shape index (κ3) is 2.18. The lowest BCUT2D eigenvalue weighted by Crippen LogP contribution is -2.21. The standard InChI is InChI=1S/C19H20N2O/c1-22-14-7-8-18-16(11-14)15-9-10-20-12-17(19(15)21-18)13-5-3-2-4-6-13/h2-8,11,17,20-21H,9-10,12H2,1H3. The summed E-state index contributed by atoms with van der Waals surface area (Å²) in [6.45, 7) is 1.99. The molecule has 3 aromatic rings. The maximum atomic E-state index is 5.40. The highest BCUT2D eigenvalue weighted by molar-refractivity contribution is 5.86. The van der Waals surface area contributed by atoms with Crippen molar-refractivity contribution < 1.29 is 4.74 Å². The molecule has 0 fully saturated rings. The number of aromatic amines is 1. The van der Waals surface area contributed by atoms with Crippen LogP contribution < -0.4 is 10.1 Å². The lowest BCUT2D eigenvalue weighted by atomic mass is 9.93. The van der Waals surface area contributed by atoms with E-state index in [0.29, 0.717) is 5.92 Å². The van der Waals surface area contributed by atoms with Gasteiger partial charge in [0.05, 0.1) is 7.11 Å². The molecule has 2 heterocycles. The van der Waals surface area contributed by atoms with E-state index in [4.69, 9.17) is 4.74 Å². The maximum Gasteiger partial charge on any atom is 0.119 e. The van der Waals surface area contributed by atoms with E-state index in [1.54, 1.807) is 7.11 Å². The third-order valence-electron chi connectivity index (χ3n) is 4.60. The molecule has 1 atom stereocenters. The van der Waals surface area contributed by atoms with Gasteiger partial charge in [-0.15, -0.1) is 0 Å². The predicted molar refractivity (Wildman–Crippen MR) is 89.7 cm³/mol. The second-order valence-corrected chi connectivity index (χ2v) is 5.85. The summed E-state index contributed by atoms with van der Waals surface area (Å²) < 4.78 is 5.40. The van der Waals surface area contributed by atoms with Crippen molar-refractivity contribution in [2.24, 2.45) is 0 Å². The van der Waals surface area contributed by atoms with Gasteiger partial charge in [0.15, 0.2) is 0 Å². The second-order valence-electron chi connectivity index (χ2n) is 5.85. The van der Waals surface area contributed by atoms with Crippen LogP contribution in [0.5, 0.6) is 5.75 Å². The summed E-state index contributed by atoms with van der Waals surface area (Å²) in [6, 6.07) is 17.0. The van der Waals surface area contributed by atoms with Gasteiger partial charge in [0.2, 0.25) is 0 Å². The molecule has 1 aliphatic heterocycles. The molecule has 0 aliphatic carbocycles. The zero-order chi connectivity index (χ0) is 14.9. The molecule has 4 rings (SSSR count). The smallest absolute Gasteiger partial charge is 0.119 e. The number of ether oxygens (including phenoxy) is 1. The van der Waals surface area contributed by atoms with E-state index in [9.17, 15) is 0 Å². The van der Waals surface area contributed by atoms with E-state index in [2.05, 4.69) is 52.8 Å². The van der Waals surface area contributed by atoms with Crippen LogP contribution in [0.15, 0.2) is 48.5 Å². The average molecular weight is 292 g/mol. The Labute approximate surface area is 130 Å². The van der Waals surface area contributed by atoms with Crippen molar-refractivity contribution in [2.45, 2.75) is 12.3 Å². The van der Waals surface area contributed by atoms with Gasteiger partial charge in [-0.3, -0.25) is 0 Å². The van der Waals surface area contributed by atoms with Gasteiger partial charge in [0.1, 0.15) is 5.75 Å². The SMILES string of the molecule is COc1ccc2[nH]c3c(c2c1)CCNCC3c1ccccc1. The van der Waals surface area contributed by atoms with Gasteiger partial charge in [-0.2, -0.15) is 0 Å². The predicted octanol–water partition coefficient (Wildman–Crippen LogP) is 3.45. The van der Waals surface area contributed by atoms with Gasteiger partial charge in [0.25, 0.3) is 0 Å². The lowest BCUT2D eigenvalue weighted by Gasteiger charge is -2.15. The van der Waals surface area contributed by atoms with Crippen molar-refractivity contribution in [1.82, 2.24) is 10.3 Å². The van der Waals surface area contributed by atoms with Crippen molar-refractivity contribution in [1.29, 1.82) is 0 Å². The van der Waals surface area contributed by atoms with Crippen molar-refractivity contribution >= 4 is 10.9 Å². The Morgan fingerprint density at radius 2 is 1.95 bits per heavy atom. The number of H-pyrrole nitrogens is 1. The van der Waals surface area contributed by atoms with E-state index >= 15 is 0 Å². The quantitative estimate of drug-likeness (QED) is 0.759. The number of fused-ring (bicyclic) bond motifs is 3. The third-order valence-corrected chi connectivity index (χ3v) is 4.60. The van der Waals surface area contributed by atoms with Gasteiger partial charge >= 0.3 is 0 Å². The van der Waals surface area contributed by atoms with Crippen LogP contribution in [0.25, 0.3) is 10.9 Å². The van der Waals surface area contributed by atoms with Crippen LogP contribution in [-0.4, -0.2) is 25.2 Å². The molecule has 0 saturated heterocycles. The largest absolute Gasteiger partial charge is 0.497 e. The van der Waals surface area contributed by atoms with E-state index in [1.807, 2.05) is 6.07 Å². The van der Waals surface area contributed by atoms with E-state index in [-0.39, 0.29) is 0 Å². The molecule has 1 aromatic heterocycles. The molecule has 22 heavy (non-hydrogen) atoms. The second kappa shape index (κ2) is 5.50. The molecule has 1 unspecified atom stereocenters. The fourth-order valence-electron chi connectivity index (χ4n) is 3.47. The van der Waals surface area contributed by atoms with E-state index in [0.717, 1.165) is 25.3 Å². The summed E-state index contributed by atoms with van der Waals surface area (Å²) in [6.07, 6.45) is 1.05. The van der Waals surface area contributed by atoms with Crippen LogP contribution in [0.1, 0.15) is 22.7 Å². The molecule has 3 heteroatoms. The molecular weight excluding hydrogens is 272 g/mol. The van der Waals surface area contributed by atoms with Crippen molar-refractivity contribution in [2.75, 3.05) is 20.2 Å². The van der Waals surface area contributed by atoms with Gasteiger partial charge in [0, 0.05) is 29.1 Å². The topological polar surface area (TPSA) is 37.0 Å². The first kappa shape index (κ1) is 13.4. The molecule has 0 radical (unpaired) electrons. The highest BCUT2D eigenvalue weighted by Crippen LogP contribution is 2.34. The normalized spacial score (nSPS) is 18.0. The highest BCUT2D eigenvalue weighted by Gasteiger charge is 2.24. The first-order chi connectivity index (χ1) is 10.9. The Balaban J connectivity index is 1.89. The Hall–Kier alpha value is -2.26. The van der Waals surface area contributed by atoms with E-state index < -0.39 is 0 Å². The Kier molecular flexibility index (Phi) is 3.35. The average Bonchev–Trinajstić information content (AvgIpc) is 2.79. The molecule has 0 amide bonds. The number of benzene rings is 2. The molecule has 1 aliphatic rings. The molecule has 2 aromatic carbocycles. The minimum atomic E-state index is 0.372. The summed E-state index contributed by atoms with van der Waals surface area (Å²) >= 11 is 0. The van der Waals surface area contributed by atoms with Crippen LogP contribution in [0, 0.1) is 0 Å². The first-order valence-corrected chi connectivity index (χ1v) is 7.81. The van der Waals surface area contributed by atoms with Crippen molar-refractivity contribution in [3.63, 3.8) is 0 Å². The molecule has 2 N–H and O–H groups in total. The Morgan fingerprint density at radius 1 is 1.09 bits per heavy atom. The monoisotopic (exact) mass is 292 g/mol. The van der Waals surface area contributed by atoms with Crippen LogP contribution >= 0.6 is 0 Å². The fraction of sp³-hybridized carbons (Fsp3) is 0.263. The van der Waals surface area contributed by atoms with Gasteiger partial charge in [-0.1, -0.05) is 30.3 Å². The Morgan fingerprint density at radius 3 is 2.77 bits per heavy atom. The van der Waals surface area contributed by atoms with E-state index in [1.165, 1.54) is 27.7 Å². The minimum Gasteiger partial charge on any atom is -0.497 e. The zero-order valence-electron chi connectivity index (χ0n) is 12.7. The van der Waals surface area contributed by atoms with Crippen LogP contribution in [0.3, 0.4) is 0 Å². The number of nitrogens with one attached hydrogen (secondary N) is 2.